The maximum absolute atomic E-state index is 3.69. The van der Waals surface area contributed by atoms with E-state index >= 15 is 0 Å². The molecule has 1 aliphatic heterocycles. The van der Waals surface area contributed by atoms with Crippen LogP contribution in [0.15, 0.2) is 0 Å². The van der Waals surface area contributed by atoms with Gasteiger partial charge in [-0.1, -0.05) is 25.7 Å². The van der Waals surface area contributed by atoms with Gasteiger partial charge in [0.1, 0.15) is 0 Å². The first-order chi connectivity index (χ1) is 8.84. The van der Waals surface area contributed by atoms with Gasteiger partial charge < -0.3 is 10.2 Å². The number of hydrogen-bond acceptors (Lipinski definition) is 3. The molecule has 0 radical (unpaired) electrons. The molecule has 18 heavy (non-hydrogen) atoms. The van der Waals surface area contributed by atoms with Crippen molar-refractivity contribution in [3.63, 3.8) is 0 Å². The number of nitrogens with zero attached hydrogens (tertiary/aromatic N) is 2. The lowest BCUT2D eigenvalue weighted by Crippen LogP contribution is -2.46. The van der Waals surface area contributed by atoms with Crippen LogP contribution < -0.4 is 5.32 Å². The van der Waals surface area contributed by atoms with E-state index in [2.05, 4.69) is 22.2 Å². The zero-order valence-electron chi connectivity index (χ0n) is 12.2. The molecule has 1 saturated carbocycles. The number of likely N-dealkylation sites (N-methyl/N-ethyl adjacent to an activating group) is 1. The highest BCUT2D eigenvalue weighted by Crippen LogP contribution is 2.21. The lowest BCUT2D eigenvalue weighted by atomic mass is 10.0. The van der Waals surface area contributed by atoms with Crippen LogP contribution in [0.25, 0.3) is 0 Å². The van der Waals surface area contributed by atoms with Gasteiger partial charge in [0.15, 0.2) is 0 Å². The summed E-state index contributed by atoms with van der Waals surface area (Å²) in [4.78, 5) is 5.02. The van der Waals surface area contributed by atoms with Gasteiger partial charge in [-0.05, 0) is 32.4 Å². The van der Waals surface area contributed by atoms with Gasteiger partial charge in [0.25, 0.3) is 0 Å². The van der Waals surface area contributed by atoms with Crippen LogP contribution in [0.2, 0.25) is 0 Å². The minimum absolute atomic E-state index is 0.958. The van der Waals surface area contributed by atoms with Crippen molar-refractivity contribution < 1.29 is 0 Å². The normalized spacial score (nSPS) is 25.2. The van der Waals surface area contributed by atoms with Crippen molar-refractivity contribution >= 4 is 0 Å². The Balaban J connectivity index is 1.50. The molecule has 0 aromatic carbocycles. The Morgan fingerprint density at radius 2 is 1.61 bits per heavy atom. The van der Waals surface area contributed by atoms with Gasteiger partial charge in [-0.3, -0.25) is 4.90 Å². The highest BCUT2D eigenvalue weighted by Gasteiger charge is 2.14. The Hall–Kier alpha value is -0.120. The maximum Gasteiger partial charge on any atom is 0.0110 e. The van der Waals surface area contributed by atoms with E-state index in [9.17, 15) is 0 Å². The quantitative estimate of drug-likeness (QED) is 0.595. The van der Waals surface area contributed by atoms with E-state index in [1.807, 2.05) is 0 Å². The molecule has 1 N–H and O–H groups in total. The van der Waals surface area contributed by atoms with Crippen LogP contribution in [0.3, 0.4) is 0 Å². The second-order valence-electron chi connectivity index (χ2n) is 6.21. The Kier molecular flexibility index (Phi) is 6.46. The second-order valence-corrected chi connectivity index (χ2v) is 6.21. The molecule has 2 rings (SSSR count). The molecule has 0 bridgehead atoms. The minimum Gasteiger partial charge on any atom is -0.315 e. The predicted molar refractivity (Wildman–Crippen MR) is 78.0 cm³/mol. The third kappa shape index (κ3) is 5.25. The zero-order valence-corrected chi connectivity index (χ0v) is 12.2. The molecule has 3 nitrogen and oxygen atoms in total. The average molecular weight is 253 g/mol. The largest absolute Gasteiger partial charge is 0.315 e. The summed E-state index contributed by atoms with van der Waals surface area (Å²) in [6.07, 6.45) is 8.79. The summed E-state index contributed by atoms with van der Waals surface area (Å²) in [5, 5.41) is 3.69. The summed E-state index contributed by atoms with van der Waals surface area (Å²) in [6.45, 7) is 8.66. The number of rotatable bonds is 5. The molecule has 0 unspecified atom stereocenters. The van der Waals surface area contributed by atoms with E-state index in [1.165, 1.54) is 84.3 Å². The van der Waals surface area contributed by atoms with Crippen molar-refractivity contribution in [2.24, 2.45) is 5.92 Å². The Bertz CT molecular complexity index is 204. The SMILES string of the molecule is CN1CCN(CCNCC2CCCCCC2)CC1. The van der Waals surface area contributed by atoms with Crippen LogP contribution in [-0.2, 0) is 0 Å². The molecule has 2 aliphatic rings. The first kappa shape index (κ1) is 14.3. The van der Waals surface area contributed by atoms with E-state index in [1.54, 1.807) is 0 Å². The van der Waals surface area contributed by atoms with Gasteiger partial charge in [0, 0.05) is 39.3 Å². The fraction of sp³-hybridized carbons (Fsp3) is 1.00. The highest BCUT2D eigenvalue weighted by molar-refractivity contribution is 4.71. The molecule has 0 atom stereocenters. The molecule has 0 spiro atoms. The molecule has 0 aromatic rings. The monoisotopic (exact) mass is 253 g/mol. The van der Waals surface area contributed by atoms with E-state index in [0.717, 1.165) is 5.92 Å². The molecule has 106 valence electrons. The van der Waals surface area contributed by atoms with E-state index < -0.39 is 0 Å². The standard InChI is InChI=1S/C15H31N3/c1-17-10-12-18(13-11-17)9-8-16-14-15-6-4-2-3-5-7-15/h15-16H,2-14H2,1H3. The Morgan fingerprint density at radius 3 is 2.28 bits per heavy atom. The third-order valence-electron chi connectivity index (χ3n) is 4.61. The number of piperazine rings is 1. The molecule has 1 heterocycles. The maximum atomic E-state index is 3.69. The van der Waals surface area contributed by atoms with Crippen molar-refractivity contribution in [3.05, 3.63) is 0 Å². The van der Waals surface area contributed by atoms with Crippen LogP contribution >= 0.6 is 0 Å². The van der Waals surface area contributed by atoms with Crippen LogP contribution in [0.5, 0.6) is 0 Å². The van der Waals surface area contributed by atoms with Crippen molar-refractivity contribution in [2.75, 3.05) is 52.9 Å². The second kappa shape index (κ2) is 8.13. The minimum atomic E-state index is 0.958. The summed E-state index contributed by atoms with van der Waals surface area (Å²) < 4.78 is 0. The average Bonchev–Trinajstić information content (AvgIpc) is 2.65. The van der Waals surface area contributed by atoms with Gasteiger partial charge >= 0.3 is 0 Å². The van der Waals surface area contributed by atoms with E-state index in [4.69, 9.17) is 0 Å². The van der Waals surface area contributed by atoms with Crippen molar-refractivity contribution in [2.45, 2.75) is 38.5 Å². The topological polar surface area (TPSA) is 18.5 Å². The highest BCUT2D eigenvalue weighted by atomic mass is 15.2. The molecule has 1 aliphatic carbocycles. The number of hydrogen-bond donors (Lipinski definition) is 1. The lowest BCUT2D eigenvalue weighted by Gasteiger charge is -2.32. The molecular formula is C15H31N3. The van der Waals surface area contributed by atoms with E-state index in [0.29, 0.717) is 0 Å². The van der Waals surface area contributed by atoms with Crippen molar-refractivity contribution in [3.8, 4) is 0 Å². The zero-order chi connectivity index (χ0) is 12.6. The third-order valence-corrected chi connectivity index (χ3v) is 4.61. The fourth-order valence-corrected chi connectivity index (χ4v) is 3.18. The predicted octanol–water partition coefficient (Wildman–Crippen LogP) is 1.79. The fourth-order valence-electron chi connectivity index (χ4n) is 3.18. The Labute approximate surface area is 113 Å². The first-order valence-electron chi connectivity index (χ1n) is 7.96. The molecule has 3 heteroatoms. The summed E-state index contributed by atoms with van der Waals surface area (Å²) in [5.41, 5.74) is 0. The van der Waals surface area contributed by atoms with Gasteiger partial charge in [-0.15, -0.1) is 0 Å². The summed E-state index contributed by atoms with van der Waals surface area (Å²) in [7, 11) is 2.22. The van der Waals surface area contributed by atoms with Gasteiger partial charge in [-0.2, -0.15) is 0 Å². The van der Waals surface area contributed by atoms with Crippen LogP contribution in [0, 0.1) is 5.92 Å². The molecule has 0 amide bonds. The van der Waals surface area contributed by atoms with Crippen molar-refractivity contribution in [1.29, 1.82) is 0 Å². The first-order valence-corrected chi connectivity index (χ1v) is 7.96. The molecule has 0 aromatic heterocycles. The van der Waals surface area contributed by atoms with Gasteiger partial charge in [0.05, 0.1) is 0 Å². The van der Waals surface area contributed by atoms with Crippen LogP contribution in [-0.4, -0.2) is 62.7 Å². The van der Waals surface area contributed by atoms with Gasteiger partial charge in [-0.25, -0.2) is 0 Å². The summed E-state index contributed by atoms with van der Waals surface area (Å²) >= 11 is 0. The molecule has 2 fully saturated rings. The molecular weight excluding hydrogens is 222 g/mol. The van der Waals surface area contributed by atoms with Gasteiger partial charge in [0.2, 0.25) is 0 Å². The Morgan fingerprint density at radius 1 is 0.944 bits per heavy atom. The summed E-state index contributed by atoms with van der Waals surface area (Å²) in [6, 6.07) is 0. The number of nitrogens with one attached hydrogen (secondary N) is 1. The molecule has 1 saturated heterocycles. The lowest BCUT2D eigenvalue weighted by molar-refractivity contribution is 0.154. The van der Waals surface area contributed by atoms with E-state index in [-0.39, 0.29) is 0 Å². The summed E-state index contributed by atoms with van der Waals surface area (Å²) in [5.74, 6) is 0.958. The van der Waals surface area contributed by atoms with Crippen LogP contribution in [0.1, 0.15) is 38.5 Å². The smallest absolute Gasteiger partial charge is 0.0110 e. The van der Waals surface area contributed by atoms with Crippen molar-refractivity contribution in [1.82, 2.24) is 15.1 Å². The van der Waals surface area contributed by atoms with Crippen LogP contribution in [0.4, 0.5) is 0 Å².